The molecule has 0 aromatic carbocycles. The number of carbonyl (C=O) groups is 1. The predicted octanol–water partition coefficient (Wildman–Crippen LogP) is 3.75. The Morgan fingerprint density at radius 2 is 2.29 bits per heavy atom. The van der Waals surface area contributed by atoms with E-state index in [0.717, 1.165) is 17.2 Å². The number of allylic oxidation sites excluding steroid dienone is 4. The van der Waals surface area contributed by atoms with E-state index in [-0.39, 0.29) is 17.2 Å². The van der Waals surface area contributed by atoms with Gasteiger partial charge in [-0.2, -0.15) is 0 Å². The summed E-state index contributed by atoms with van der Waals surface area (Å²) in [5.74, 6) is 1.20. The van der Waals surface area contributed by atoms with Gasteiger partial charge in [-0.05, 0) is 31.4 Å². The molecule has 1 aliphatic carbocycles. The largest absolute Gasteiger partial charge is 0.483 e. The van der Waals surface area contributed by atoms with Crippen LogP contribution in [0.4, 0.5) is 5.13 Å². The number of anilines is 1. The van der Waals surface area contributed by atoms with Gasteiger partial charge in [0.1, 0.15) is 0 Å². The second-order valence-corrected chi connectivity index (χ2v) is 9.88. The molecule has 31 heavy (non-hydrogen) atoms. The third-order valence-corrected chi connectivity index (χ3v) is 7.39. The standard InChI is InChI=1S/C22H27N5O2S2/c1-13-8-16(31-19-11-24-18(29-3)10-25-19)9-14(2)20(13)17-12-30-22(26-17)27-21(28)15-4-6-23-7-5-15/h4,6,8-9,12-13,19-20,25H,5,7,10-11H2,1-3H3,(H,26,27,28). The van der Waals surface area contributed by atoms with Gasteiger partial charge in [-0.3, -0.25) is 25.4 Å². The highest BCUT2D eigenvalue weighted by atomic mass is 32.2. The molecular formula is C22H27N5O2S2. The zero-order valence-electron chi connectivity index (χ0n) is 17.9. The lowest BCUT2D eigenvalue weighted by Gasteiger charge is -2.28. The van der Waals surface area contributed by atoms with E-state index in [4.69, 9.17) is 9.72 Å². The number of methoxy groups -OCH3 is 1. The van der Waals surface area contributed by atoms with Crippen molar-refractivity contribution in [3.8, 4) is 0 Å². The Balaban J connectivity index is 1.39. The number of rotatable bonds is 5. The molecular weight excluding hydrogens is 430 g/mol. The molecule has 0 fully saturated rings. The average Bonchev–Trinajstić information content (AvgIpc) is 3.22. The summed E-state index contributed by atoms with van der Waals surface area (Å²) in [4.78, 5) is 27.0. The Morgan fingerprint density at radius 1 is 1.42 bits per heavy atom. The molecule has 1 amide bonds. The van der Waals surface area contributed by atoms with E-state index in [1.54, 1.807) is 19.4 Å². The van der Waals surface area contributed by atoms with Crippen molar-refractivity contribution < 1.29 is 9.53 Å². The Kier molecular flexibility index (Phi) is 7.04. The molecule has 164 valence electrons. The monoisotopic (exact) mass is 457 g/mol. The number of hydrogen-bond acceptors (Lipinski definition) is 8. The number of aromatic nitrogens is 1. The highest BCUT2D eigenvalue weighted by Crippen LogP contribution is 2.41. The summed E-state index contributed by atoms with van der Waals surface area (Å²) in [6, 6.07) is 0. The number of nitrogens with one attached hydrogen (secondary N) is 2. The SMILES string of the molecule is COC1=NCC(SC2=CC(C)C(c3csc(NC(=O)C4=CC=NCC4)n3)C(C)=C2)NC1. The van der Waals surface area contributed by atoms with Crippen LogP contribution in [0.3, 0.4) is 0 Å². The van der Waals surface area contributed by atoms with Crippen LogP contribution < -0.4 is 10.6 Å². The van der Waals surface area contributed by atoms with Crippen LogP contribution in [0.25, 0.3) is 0 Å². The first kappa shape index (κ1) is 22.0. The third-order valence-electron chi connectivity index (χ3n) is 5.49. The molecule has 2 aliphatic heterocycles. The van der Waals surface area contributed by atoms with Gasteiger partial charge in [-0.15, -0.1) is 23.1 Å². The van der Waals surface area contributed by atoms with Gasteiger partial charge in [0.25, 0.3) is 5.91 Å². The van der Waals surface area contributed by atoms with Gasteiger partial charge >= 0.3 is 0 Å². The molecule has 0 radical (unpaired) electrons. The summed E-state index contributed by atoms with van der Waals surface area (Å²) < 4.78 is 5.20. The van der Waals surface area contributed by atoms with E-state index in [0.29, 0.717) is 37.1 Å². The molecule has 7 nitrogen and oxygen atoms in total. The van der Waals surface area contributed by atoms with Crippen molar-refractivity contribution in [3.63, 3.8) is 0 Å². The maximum atomic E-state index is 12.4. The number of amides is 1. The van der Waals surface area contributed by atoms with Gasteiger partial charge in [0.2, 0.25) is 0 Å². The Labute approximate surface area is 190 Å². The van der Waals surface area contributed by atoms with Gasteiger partial charge in [-0.1, -0.05) is 18.6 Å². The fourth-order valence-corrected chi connectivity index (χ4v) is 5.87. The molecule has 0 bridgehead atoms. The minimum atomic E-state index is -0.0890. The summed E-state index contributed by atoms with van der Waals surface area (Å²) in [6.07, 6.45) is 8.69. The topological polar surface area (TPSA) is 88.0 Å². The number of thiazole rings is 1. The maximum absolute atomic E-state index is 12.4. The third kappa shape index (κ3) is 5.34. The van der Waals surface area contributed by atoms with E-state index >= 15 is 0 Å². The fourth-order valence-electron chi connectivity index (χ4n) is 3.93. The molecule has 0 saturated carbocycles. The van der Waals surface area contributed by atoms with E-state index in [2.05, 4.69) is 52.0 Å². The Hall–Kier alpha value is -2.23. The summed E-state index contributed by atoms with van der Waals surface area (Å²) >= 11 is 3.29. The smallest absolute Gasteiger partial charge is 0.253 e. The molecule has 1 aromatic rings. The molecule has 1 aromatic heterocycles. The minimum absolute atomic E-state index is 0.0890. The Morgan fingerprint density at radius 3 is 2.97 bits per heavy atom. The van der Waals surface area contributed by atoms with Gasteiger partial charge in [-0.25, -0.2) is 4.98 Å². The van der Waals surface area contributed by atoms with Crippen molar-refractivity contribution in [1.82, 2.24) is 10.3 Å². The van der Waals surface area contributed by atoms with Crippen LogP contribution in [0.5, 0.6) is 0 Å². The molecule has 9 heteroatoms. The van der Waals surface area contributed by atoms with Crippen LogP contribution in [-0.2, 0) is 9.53 Å². The number of ether oxygens (including phenoxy) is 1. The first-order valence-corrected chi connectivity index (χ1v) is 12.1. The summed E-state index contributed by atoms with van der Waals surface area (Å²) in [5, 5.41) is 9.35. The fraction of sp³-hybridized carbons (Fsp3) is 0.455. The first-order chi connectivity index (χ1) is 15.0. The lowest BCUT2D eigenvalue weighted by molar-refractivity contribution is -0.113. The second-order valence-electron chi connectivity index (χ2n) is 7.75. The maximum Gasteiger partial charge on any atom is 0.253 e. The zero-order chi connectivity index (χ0) is 21.8. The molecule has 3 unspecified atom stereocenters. The molecule has 3 aliphatic rings. The van der Waals surface area contributed by atoms with Crippen LogP contribution in [0.15, 0.2) is 49.6 Å². The predicted molar refractivity (Wildman–Crippen MR) is 129 cm³/mol. The zero-order valence-corrected chi connectivity index (χ0v) is 19.6. The lowest BCUT2D eigenvalue weighted by atomic mass is 9.82. The van der Waals surface area contributed by atoms with Crippen LogP contribution in [0.2, 0.25) is 0 Å². The van der Waals surface area contributed by atoms with Gasteiger partial charge < -0.3 is 4.74 Å². The number of carbonyl (C=O) groups excluding carboxylic acids is 1. The van der Waals surface area contributed by atoms with Crippen LogP contribution >= 0.6 is 23.1 Å². The van der Waals surface area contributed by atoms with Crippen molar-refractivity contribution in [2.75, 3.05) is 32.1 Å². The molecule has 3 atom stereocenters. The number of hydrogen-bond donors (Lipinski definition) is 2. The van der Waals surface area contributed by atoms with Crippen molar-refractivity contribution >= 4 is 46.2 Å². The van der Waals surface area contributed by atoms with Gasteiger partial charge in [0, 0.05) is 34.5 Å². The number of dihydropyridines is 1. The van der Waals surface area contributed by atoms with Gasteiger partial charge in [0.05, 0.1) is 31.3 Å². The highest BCUT2D eigenvalue weighted by Gasteiger charge is 2.28. The second kappa shape index (κ2) is 9.93. The summed E-state index contributed by atoms with van der Waals surface area (Å²) in [7, 11) is 1.66. The van der Waals surface area contributed by atoms with Crippen LogP contribution in [-0.4, -0.2) is 55.1 Å². The normalized spacial score (nSPS) is 25.8. The van der Waals surface area contributed by atoms with Crippen LogP contribution in [0, 0.1) is 5.92 Å². The molecule has 2 N–H and O–H groups in total. The number of aliphatic imine (C=N–C) groups is 2. The molecule has 0 saturated heterocycles. The number of nitrogens with zero attached hydrogens (tertiary/aromatic N) is 3. The minimum Gasteiger partial charge on any atom is -0.483 e. The summed E-state index contributed by atoms with van der Waals surface area (Å²) in [5.41, 5.74) is 3.03. The van der Waals surface area contributed by atoms with E-state index < -0.39 is 0 Å². The molecule has 4 rings (SSSR count). The Bertz CT molecular complexity index is 992. The molecule has 3 heterocycles. The number of thioether (sulfide) groups is 1. The van der Waals surface area contributed by atoms with E-state index in [1.807, 2.05) is 11.8 Å². The highest BCUT2D eigenvalue weighted by molar-refractivity contribution is 8.03. The first-order valence-electron chi connectivity index (χ1n) is 10.4. The van der Waals surface area contributed by atoms with Crippen molar-refractivity contribution in [2.24, 2.45) is 15.9 Å². The average molecular weight is 458 g/mol. The van der Waals surface area contributed by atoms with Crippen molar-refractivity contribution in [2.45, 2.75) is 31.6 Å². The van der Waals surface area contributed by atoms with E-state index in [9.17, 15) is 4.79 Å². The van der Waals surface area contributed by atoms with E-state index in [1.165, 1.54) is 21.8 Å². The van der Waals surface area contributed by atoms with Crippen molar-refractivity contribution in [3.05, 3.63) is 45.4 Å². The lowest BCUT2D eigenvalue weighted by Crippen LogP contribution is -2.39. The van der Waals surface area contributed by atoms with Crippen molar-refractivity contribution in [1.29, 1.82) is 0 Å². The van der Waals surface area contributed by atoms with Crippen LogP contribution in [0.1, 0.15) is 31.9 Å². The van der Waals surface area contributed by atoms with Gasteiger partial charge in [0.15, 0.2) is 11.0 Å². The summed E-state index contributed by atoms with van der Waals surface area (Å²) in [6.45, 7) is 6.41. The quantitative estimate of drug-likeness (QED) is 0.703. The molecule has 0 spiro atoms.